The highest BCUT2D eigenvalue weighted by atomic mass is 16.5. The Balaban J connectivity index is 2.03. The maximum Gasteiger partial charge on any atom is 0.266 e. The fourth-order valence-electron chi connectivity index (χ4n) is 2.03. The minimum atomic E-state index is -0.139. The quantitative estimate of drug-likeness (QED) is 0.738. The molecule has 4 heteroatoms. The van der Waals surface area contributed by atoms with Gasteiger partial charge in [-0.25, -0.2) is 4.68 Å². The molecule has 1 heterocycles. The lowest BCUT2D eigenvalue weighted by molar-refractivity contribution is 0.484. The summed E-state index contributed by atoms with van der Waals surface area (Å²) in [4.78, 5) is 11.4. The van der Waals surface area contributed by atoms with Gasteiger partial charge in [-0.05, 0) is 30.3 Å². The Morgan fingerprint density at radius 1 is 0.905 bits per heavy atom. The molecule has 0 spiro atoms. The molecule has 0 radical (unpaired) electrons. The van der Waals surface area contributed by atoms with E-state index in [9.17, 15) is 4.79 Å². The minimum absolute atomic E-state index is 0.139. The molecule has 0 unspecified atom stereocenters. The van der Waals surface area contributed by atoms with Gasteiger partial charge in [0.15, 0.2) is 0 Å². The molecule has 0 bridgehead atoms. The standard InChI is InChI=1S/C17H14N2O2/c1-19-17(20)12-11-15(18-19)14-9-5-6-10-16(14)21-13-7-3-2-4-8-13/h2-12H,1H3. The lowest BCUT2D eigenvalue weighted by Crippen LogP contribution is -2.18. The van der Waals surface area contributed by atoms with Gasteiger partial charge in [0.25, 0.3) is 5.56 Å². The average molecular weight is 278 g/mol. The van der Waals surface area contributed by atoms with E-state index in [4.69, 9.17) is 4.74 Å². The predicted octanol–water partition coefficient (Wildman–Crippen LogP) is 3.24. The van der Waals surface area contributed by atoms with Gasteiger partial charge in [0.2, 0.25) is 0 Å². The molecule has 4 nitrogen and oxygen atoms in total. The summed E-state index contributed by atoms with van der Waals surface area (Å²) in [6, 6.07) is 20.4. The number of ether oxygens (including phenoxy) is 1. The number of benzene rings is 2. The monoisotopic (exact) mass is 278 g/mol. The molecule has 0 amide bonds. The first kappa shape index (κ1) is 13.1. The SMILES string of the molecule is Cn1nc(-c2ccccc2Oc2ccccc2)ccc1=O. The zero-order chi connectivity index (χ0) is 14.7. The smallest absolute Gasteiger partial charge is 0.266 e. The zero-order valence-corrected chi connectivity index (χ0v) is 11.6. The molecular formula is C17H14N2O2. The molecule has 0 aliphatic carbocycles. The third-order valence-corrected chi connectivity index (χ3v) is 3.09. The van der Waals surface area contributed by atoms with Crippen molar-refractivity contribution >= 4 is 0 Å². The van der Waals surface area contributed by atoms with E-state index < -0.39 is 0 Å². The molecule has 3 aromatic rings. The molecule has 2 aromatic carbocycles. The Bertz CT molecular complexity index is 810. The maximum atomic E-state index is 11.4. The molecule has 3 rings (SSSR count). The maximum absolute atomic E-state index is 11.4. The summed E-state index contributed by atoms with van der Waals surface area (Å²) in [7, 11) is 1.63. The van der Waals surface area contributed by atoms with Crippen LogP contribution in [0.25, 0.3) is 11.3 Å². The van der Waals surface area contributed by atoms with E-state index in [1.54, 1.807) is 13.1 Å². The number of para-hydroxylation sites is 2. The first-order valence-corrected chi connectivity index (χ1v) is 6.61. The van der Waals surface area contributed by atoms with Crippen LogP contribution in [-0.2, 0) is 7.05 Å². The van der Waals surface area contributed by atoms with Gasteiger partial charge < -0.3 is 4.74 Å². The Morgan fingerprint density at radius 3 is 2.38 bits per heavy atom. The van der Waals surface area contributed by atoms with E-state index in [1.807, 2.05) is 54.6 Å². The molecule has 0 fully saturated rings. The summed E-state index contributed by atoms with van der Waals surface area (Å²) < 4.78 is 7.22. The number of nitrogens with zero attached hydrogens (tertiary/aromatic N) is 2. The number of hydrogen-bond donors (Lipinski definition) is 0. The van der Waals surface area contributed by atoms with Crippen LogP contribution in [0.3, 0.4) is 0 Å². The number of rotatable bonds is 3. The van der Waals surface area contributed by atoms with Gasteiger partial charge in [0, 0.05) is 18.7 Å². The zero-order valence-electron chi connectivity index (χ0n) is 11.6. The van der Waals surface area contributed by atoms with Crippen molar-refractivity contribution in [3.63, 3.8) is 0 Å². The van der Waals surface area contributed by atoms with Crippen LogP contribution in [0, 0.1) is 0 Å². The van der Waals surface area contributed by atoms with Crippen molar-refractivity contribution in [2.24, 2.45) is 7.05 Å². The van der Waals surface area contributed by atoms with Gasteiger partial charge in [-0.15, -0.1) is 0 Å². The van der Waals surface area contributed by atoms with Crippen LogP contribution < -0.4 is 10.3 Å². The van der Waals surface area contributed by atoms with Crippen molar-refractivity contribution in [3.05, 3.63) is 77.1 Å². The summed E-state index contributed by atoms with van der Waals surface area (Å²) >= 11 is 0. The minimum Gasteiger partial charge on any atom is -0.457 e. The number of hydrogen-bond acceptors (Lipinski definition) is 3. The molecule has 0 aliphatic rings. The van der Waals surface area contributed by atoms with Gasteiger partial charge in [-0.1, -0.05) is 30.3 Å². The topological polar surface area (TPSA) is 44.1 Å². The van der Waals surface area contributed by atoms with Crippen molar-refractivity contribution in [3.8, 4) is 22.8 Å². The first-order valence-electron chi connectivity index (χ1n) is 6.61. The molecule has 0 atom stereocenters. The molecule has 0 saturated heterocycles. The molecular weight excluding hydrogens is 264 g/mol. The van der Waals surface area contributed by atoms with E-state index in [0.29, 0.717) is 11.4 Å². The second-order valence-corrected chi connectivity index (χ2v) is 4.59. The molecule has 1 aromatic heterocycles. The summed E-state index contributed by atoms with van der Waals surface area (Å²) in [5.74, 6) is 1.46. The molecule has 21 heavy (non-hydrogen) atoms. The van der Waals surface area contributed by atoms with Crippen LogP contribution in [0.2, 0.25) is 0 Å². The molecule has 0 aliphatic heterocycles. The number of aromatic nitrogens is 2. The van der Waals surface area contributed by atoms with Crippen LogP contribution in [0.4, 0.5) is 0 Å². The van der Waals surface area contributed by atoms with E-state index in [-0.39, 0.29) is 5.56 Å². The first-order chi connectivity index (χ1) is 10.2. The summed E-state index contributed by atoms with van der Waals surface area (Å²) in [5, 5.41) is 4.27. The predicted molar refractivity (Wildman–Crippen MR) is 81.4 cm³/mol. The van der Waals surface area contributed by atoms with Gasteiger partial charge in [-0.3, -0.25) is 4.79 Å². The lowest BCUT2D eigenvalue weighted by atomic mass is 10.1. The Kier molecular flexibility index (Phi) is 3.51. The van der Waals surface area contributed by atoms with E-state index >= 15 is 0 Å². The molecule has 0 saturated carbocycles. The summed E-state index contributed by atoms with van der Waals surface area (Å²) in [6.07, 6.45) is 0. The van der Waals surface area contributed by atoms with Crippen molar-refractivity contribution in [2.75, 3.05) is 0 Å². The molecule has 104 valence electrons. The van der Waals surface area contributed by atoms with Crippen LogP contribution in [0.5, 0.6) is 11.5 Å². The second kappa shape index (κ2) is 5.63. The van der Waals surface area contributed by atoms with E-state index in [1.165, 1.54) is 10.7 Å². The fraction of sp³-hybridized carbons (Fsp3) is 0.0588. The third-order valence-electron chi connectivity index (χ3n) is 3.09. The van der Waals surface area contributed by atoms with Gasteiger partial charge in [-0.2, -0.15) is 5.10 Å². The Labute approximate surface area is 122 Å². The number of aryl methyl sites for hydroxylation is 1. The van der Waals surface area contributed by atoms with Crippen LogP contribution >= 0.6 is 0 Å². The van der Waals surface area contributed by atoms with Crippen LogP contribution in [0.15, 0.2) is 71.5 Å². The van der Waals surface area contributed by atoms with Gasteiger partial charge in [0.05, 0.1) is 5.69 Å². The van der Waals surface area contributed by atoms with Crippen LogP contribution in [-0.4, -0.2) is 9.78 Å². The van der Waals surface area contributed by atoms with Gasteiger partial charge in [0.1, 0.15) is 11.5 Å². The molecule has 0 N–H and O–H groups in total. The summed E-state index contributed by atoms with van der Waals surface area (Å²) in [6.45, 7) is 0. The van der Waals surface area contributed by atoms with Crippen molar-refractivity contribution < 1.29 is 4.74 Å². The third kappa shape index (κ3) is 2.84. The van der Waals surface area contributed by atoms with E-state index in [2.05, 4.69) is 5.10 Å². The van der Waals surface area contributed by atoms with Crippen molar-refractivity contribution in [1.29, 1.82) is 0 Å². The van der Waals surface area contributed by atoms with Crippen molar-refractivity contribution in [2.45, 2.75) is 0 Å². The Hall–Kier alpha value is -2.88. The summed E-state index contributed by atoms with van der Waals surface area (Å²) in [5.41, 5.74) is 1.40. The van der Waals surface area contributed by atoms with E-state index in [0.717, 1.165) is 11.3 Å². The average Bonchev–Trinajstić information content (AvgIpc) is 2.52. The lowest BCUT2D eigenvalue weighted by Gasteiger charge is -2.11. The Morgan fingerprint density at radius 2 is 1.62 bits per heavy atom. The second-order valence-electron chi connectivity index (χ2n) is 4.59. The van der Waals surface area contributed by atoms with Crippen molar-refractivity contribution in [1.82, 2.24) is 9.78 Å². The highest BCUT2D eigenvalue weighted by molar-refractivity contribution is 5.67. The largest absolute Gasteiger partial charge is 0.457 e. The highest BCUT2D eigenvalue weighted by Crippen LogP contribution is 2.31. The highest BCUT2D eigenvalue weighted by Gasteiger charge is 2.09. The normalized spacial score (nSPS) is 10.3. The van der Waals surface area contributed by atoms with Crippen LogP contribution in [0.1, 0.15) is 0 Å². The van der Waals surface area contributed by atoms with Gasteiger partial charge >= 0.3 is 0 Å². The fourth-order valence-corrected chi connectivity index (χ4v) is 2.03.